The van der Waals surface area contributed by atoms with Crippen molar-refractivity contribution in [1.29, 1.82) is 0 Å². The summed E-state index contributed by atoms with van der Waals surface area (Å²) >= 11 is 0. The van der Waals surface area contributed by atoms with Gasteiger partial charge in [0, 0.05) is 5.69 Å². The third-order valence-corrected chi connectivity index (χ3v) is 4.00. The quantitative estimate of drug-likeness (QED) is 0.547. The number of carbonyl (C=O) groups is 1. The van der Waals surface area contributed by atoms with Crippen LogP contribution < -0.4 is 5.32 Å². The Bertz CT molecular complexity index is 1060. The molecule has 0 saturated heterocycles. The van der Waals surface area contributed by atoms with Gasteiger partial charge in [0.15, 0.2) is 5.65 Å². The molecule has 0 atom stereocenters. The van der Waals surface area contributed by atoms with Gasteiger partial charge in [0.1, 0.15) is 12.1 Å². The Morgan fingerprint density at radius 1 is 1.04 bits per heavy atom. The molecule has 4 rings (SSSR count). The summed E-state index contributed by atoms with van der Waals surface area (Å²) in [4.78, 5) is 19.6. The minimum Gasteiger partial charge on any atom is -0.478 e. The highest BCUT2D eigenvalue weighted by molar-refractivity contribution is 5.90. The maximum Gasteiger partial charge on any atom is 0.335 e. The van der Waals surface area contributed by atoms with Crippen molar-refractivity contribution >= 4 is 40.9 Å². The molecule has 2 aromatic heterocycles. The Balaban J connectivity index is 0.00000210. The van der Waals surface area contributed by atoms with Gasteiger partial charge < -0.3 is 10.4 Å². The highest BCUT2D eigenvalue weighted by atomic mass is 35.5. The molecule has 0 radical (unpaired) electrons. The zero-order chi connectivity index (χ0) is 17.9. The van der Waals surface area contributed by atoms with Crippen LogP contribution in [0.1, 0.15) is 15.9 Å². The number of aromatic carboxylic acids is 1. The molecule has 0 spiro atoms. The van der Waals surface area contributed by atoms with Crippen LogP contribution in [-0.2, 0) is 6.54 Å². The van der Waals surface area contributed by atoms with Crippen LogP contribution in [0.2, 0.25) is 0 Å². The van der Waals surface area contributed by atoms with Crippen LogP contribution in [0.15, 0.2) is 67.1 Å². The van der Waals surface area contributed by atoms with E-state index in [0.29, 0.717) is 12.4 Å². The summed E-state index contributed by atoms with van der Waals surface area (Å²) < 4.78 is 1.82. The lowest BCUT2D eigenvalue weighted by atomic mass is 10.2. The number of hydrogen-bond acceptors (Lipinski definition) is 5. The average Bonchev–Trinajstić information content (AvgIpc) is 3.07. The molecule has 2 N–H and O–H groups in total. The van der Waals surface area contributed by atoms with Crippen LogP contribution in [0.4, 0.5) is 11.5 Å². The van der Waals surface area contributed by atoms with Crippen molar-refractivity contribution < 1.29 is 9.90 Å². The van der Waals surface area contributed by atoms with Gasteiger partial charge in [-0.3, -0.25) is 0 Å². The lowest BCUT2D eigenvalue weighted by Crippen LogP contribution is -2.03. The second-order valence-electron chi connectivity index (χ2n) is 5.75. The van der Waals surface area contributed by atoms with E-state index in [-0.39, 0.29) is 18.0 Å². The van der Waals surface area contributed by atoms with Crippen molar-refractivity contribution in [1.82, 2.24) is 19.7 Å². The molecule has 0 aliphatic heterocycles. The van der Waals surface area contributed by atoms with Gasteiger partial charge in [-0.15, -0.1) is 12.4 Å². The summed E-state index contributed by atoms with van der Waals surface area (Å²) in [7, 11) is 0. The molecule has 0 bridgehead atoms. The number of nitrogens with zero attached hydrogens (tertiary/aromatic N) is 4. The number of rotatable bonds is 5. The van der Waals surface area contributed by atoms with Crippen molar-refractivity contribution in [2.75, 3.05) is 5.32 Å². The molecule has 0 amide bonds. The molecular formula is C19H16ClN5O2. The second-order valence-corrected chi connectivity index (χ2v) is 5.75. The standard InChI is InChI=1S/C19H15N5O2.ClH/c25-19(26)14-6-8-15(9-7-14)23-17-16-10-22-24(18(16)21-12-20-17)11-13-4-2-1-3-5-13;/h1-10,12H,11H2,(H,25,26)(H,20,21,23);1H. The Kier molecular flexibility index (Phi) is 5.33. The molecule has 0 unspecified atom stereocenters. The molecule has 8 heteroatoms. The van der Waals surface area contributed by atoms with E-state index in [2.05, 4.69) is 20.4 Å². The van der Waals surface area contributed by atoms with E-state index in [4.69, 9.17) is 5.11 Å². The summed E-state index contributed by atoms with van der Waals surface area (Å²) in [5, 5.41) is 17.4. The number of carboxylic acid groups (broad SMARTS) is 1. The SMILES string of the molecule is Cl.O=C(O)c1ccc(Nc2ncnc3c2cnn3Cc2ccccc2)cc1. The molecule has 0 saturated carbocycles. The molecule has 0 fully saturated rings. The number of nitrogens with one attached hydrogen (secondary N) is 1. The van der Waals surface area contributed by atoms with Gasteiger partial charge in [-0.05, 0) is 29.8 Å². The van der Waals surface area contributed by atoms with Crippen LogP contribution >= 0.6 is 12.4 Å². The van der Waals surface area contributed by atoms with Crippen LogP contribution in [0.25, 0.3) is 11.0 Å². The van der Waals surface area contributed by atoms with E-state index < -0.39 is 5.97 Å². The summed E-state index contributed by atoms with van der Waals surface area (Å²) in [6.45, 7) is 0.619. The number of benzene rings is 2. The molecule has 0 aliphatic carbocycles. The van der Waals surface area contributed by atoms with Crippen LogP contribution in [0, 0.1) is 0 Å². The van der Waals surface area contributed by atoms with E-state index >= 15 is 0 Å². The molecular weight excluding hydrogens is 366 g/mol. The topological polar surface area (TPSA) is 92.9 Å². The van der Waals surface area contributed by atoms with Gasteiger partial charge in [-0.25, -0.2) is 19.4 Å². The predicted octanol–water partition coefficient (Wildman–Crippen LogP) is 3.74. The van der Waals surface area contributed by atoms with E-state index in [9.17, 15) is 4.79 Å². The van der Waals surface area contributed by atoms with Gasteiger partial charge >= 0.3 is 5.97 Å². The van der Waals surface area contributed by atoms with Crippen molar-refractivity contribution in [3.63, 3.8) is 0 Å². The van der Waals surface area contributed by atoms with Crippen LogP contribution in [-0.4, -0.2) is 30.8 Å². The van der Waals surface area contributed by atoms with E-state index in [0.717, 1.165) is 22.3 Å². The number of fused-ring (bicyclic) bond motifs is 1. The normalized spacial score (nSPS) is 10.4. The Hall–Kier alpha value is -3.45. The van der Waals surface area contributed by atoms with Gasteiger partial charge in [-0.1, -0.05) is 30.3 Å². The number of halogens is 1. The molecule has 27 heavy (non-hydrogen) atoms. The number of aromatic nitrogens is 4. The van der Waals surface area contributed by atoms with E-state index in [1.807, 2.05) is 35.0 Å². The van der Waals surface area contributed by atoms with Gasteiger partial charge in [-0.2, -0.15) is 5.10 Å². The van der Waals surface area contributed by atoms with Gasteiger partial charge in [0.2, 0.25) is 0 Å². The summed E-state index contributed by atoms with van der Waals surface area (Å²) in [5.74, 6) is -0.333. The summed E-state index contributed by atoms with van der Waals surface area (Å²) in [5.41, 5.74) is 2.84. The Morgan fingerprint density at radius 2 is 1.78 bits per heavy atom. The molecule has 2 aromatic carbocycles. The fourth-order valence-corrected chi connectivity index (χ4v) is 2.70. The number of hydrogen-bond donors (Lipinski definition) is 2. The fraction of sp³-hybridized carbons (Fsp3) is 0.0526. The molecule has 0 aliphatic rings. The summed E-state index contributed by atoms with van der Waals surface area (Å²) in [6, 6.07) is 16.5. The van der Waals surface area contributed by atoms with Gasteiger partial charge in [0.05, 0.1) is 23.7 Å². The van der Waals surface area contributed by atoms with Crippen LogP contribution in [0.3, 0.4) is 0 Å². The highest BCUT2D eigenvalue weighted by Crippen LogP contribution is 2.23. The lowest BCUT2D eigenvalue weighted by molar-refractivity contribution is 0.0697. The Morgan fingerprint density at radius 3 is 2.48 bits per heavy atom. The monoisotopic (exact) mass is 381 g/mol. The van der Waals surface area contributed by atoms with Crippen molar-refractivity contribution in [3.05, 3.63) is 78.2 Å². The van der Waals surface area contributed by atoms with Crippen molar-refractivity contribution in [2.45, 2.75) is 6.54 Å². The molecule has 7 nitrogen and oxygen atoms in total. The number of carboxylic acids is 1. The molecule has 136 valence electrons. The minimum absolute atomic E-state index is 0. The first-order chi connectivity index (χ1) is 12.7. The first-order valence-electron chi connectivity index (χ1n) is 8.01. The predicted molar refractivity (Wildman–Crippen MR) is 105 cm³/mol. The lowest BCUT2D eigenvalue weighted by Gasteiger charge is -2.07. The first-order valence-corrected chi connectivity index (χ1v) is 8.01. The fourth-order valence-electron chi connectivity index (χ4n) is 2.70. The van der Waals surface area contributed by atoms with Crippen molar-refractivity contribution in [2.24, 2.45) is 0 Å². The number of anilines is 2. The maximum absolute atomic E-state index is 10.9. The zero-order valence-corrected chi connectivity index (χ0v) is 14.9. The zero-order valence-electron chi connectivity index (χ0n) is 14.1. The first kappa shape index (κ1) is 18.3. The molecule has 2 heterocycles. The third-order valence-electron chi connectivity index (χ3n) is 4.00. The van der Waals surface area contributed by atoms with E-state index in [1.165, 1.54) is 6.33 Å². The van der Waals surface area contributed by atoms with Gasteiger partial charge in [0.25, 0.3) is 0 Å². The largest absolute Gasteiger partial charge is 0.478 e. The van der Waals surface area contributed by atoms with Crippen molar-refractivity contribution in [3.8, 4) is 0 Å². The second kappa shape index (κ2) is 7.84. The maximum atomic E-state index is 10.9. The third kappa shape index (κ3) is 3.88. The summed E-state index contributed by atoms with van der Waals surface area (Å²) in [6.07, 6.45) is 3.21. The molecule has 4 aromatic rings. The highest BCUT2D eigenvalue weighted by Gasteiger charge is 2.11. The smallest absolute Gasteiger partial charge is 0.335 e. The average molecular weight is 382 g/mol. The minimum atomic E-state index is -0.955. The van der Waals surface area contributed by atoms with E-state index in [1.54, 1.807) is 30.5 Å². The Labute approximate surface area is 161 Å². The van der Waals surface area contributed by atoms with Crippen LogP contribution in [0.5, 0.6) is 0 Å².